The van der Waals surface area contributed by atoms with Crippen molar-refractivity contribution in [2.45, 2.75) is 13.8 Å². The molecular formula is C15H22N4O. The zero-order chi connectivity index (χ0) is 14.8. The van der Waals surface area contributed by atoms with Crippen molar-refractivity contribution in [2.75, 3.05) is 32.7 Å². The van der Waals surface area contributed by atoms with E-state index in [0.717, 1.165) is 19.6 Å². The van der Waals surface area contributed by atoms with Gasteiger partial charge in [0, 0.05) is 19.3 Å². The zero-order valence-electron chi connectivity index (χ0n) is 12.1. The highest BCUT2D eigenvalue weighted by atomic mass is 16.1. The van der Waals surface area contributed by atoms with Gasteiger partial charge in [-0.2, -0.15) is 0 Å². The van der Waals surface area contributed by atoms with E-state index in [1.807, 2.05) is 0 Å². The second kappa shape index (κ2) is 9.08. The number of nitrogens with zero attached hydrogens (tertiary/aromatic N) is 2. The summed E-state index contributed by atoms with van der Waals surface area (Å²) < 4.78 is 0. The van der Waals surface area contributed by atoms with Gasteiger partial charge in [-0.1, -0.05) is 25.7 Å². The standard InChI is InChI=1S/C15H22N4O/c1-3-19(4-2)12-11-18-15(20)14-13(7-5-9-16)8-6-10-17-14/h6,8,10H,3-4,9,11-12,16H2,1-2H3,(H,18,20). The summed E-state index contributed by atoms with van der Waals surface area (Å²) in [5.74, 6) is 5.41. The Kier molecular flexibility index (Phi) is 7.33. The van der Waals surface area contributed by atoms with Crippen LogP contribution in [0.3, 0.4) is 0 Å². The lowest BCUT2D eigenvalue weighted by molar-refractivity contribution is 0.0943. The van der Waals surface area contributed by atoms with Gasteiger partial charge in [0.1, 0.15) is 5.69 Å². The Morgan fingerprint density at radius 2 is 2.20 bits per heavy atom. The van der Waals surface area contributed by atoms with Crippen molar-refractivity contribution in [2.24, 2.45) is 5.73 Å². The maximum absolute atomic E-state index is 12.1. The van der Waals surface area contributed by atoms with E-state index in [2.05, 4.69) is 40.9 Å². The number of hydrogen-bond acceptors (Lipinski definition) is 4. The molecule has 0 unspecified atom stereocenters. The van der Waals surface area contributed by atoms with Crippen LogP contribution >= 0.6 is 0 Å². The monoisotopic (exact) mass is 274 g/mol. The molecule has 5 heteroatoms. The first kappa shape index (κ1) is 16.2. The molecule has 0 spiro atoms. The molecular weight excluding hydrogens is 252 g/mol. The molecule has 3 N–H and O–H groups in total. The van der Waals surface area contributed by atoms with Crippen molar-refractivity contribution < 1.29 is 4.79 Å². The third kappa shape index (κ3) is 5.00. The van der Waals surface area contributed by atoms with Crippen LogP contribution in [-0.2, 0) is 0 Å². The third-order valence-corrected chi connectivity index (χ3v) is 2.96. The van der Waals surface area contributed by atoms with Gasteiger partial charge in [-0.05, 0) is 25.2 Å². The highest BCUT2D eigenvalue weighted by Gasteiger charge is 2.11. The first-order chi connectivity index (χ1) is 9.72. The van der Waals surface area contributed by atoms with Crippen LogP contribution < -0.4 is 11.1 Å². The SMILES string of the molecule is CCN(CC)CCNC(=O)c1ncccc1C#CCN. The van der Waals surface area contributed by atoms with Gasteiger partial charge in [0.25, 0.3) is 5.91 Å². The van der Waals surface area contributed by atoms with Crippen LogP contribution in [0, 0.1) is 11.8 Å². The summed E-state index contributed by atoms with van der Waals surface area (Å²) in [6.07, 6.45) is 1.59. The Balaban J connectivity index is 2.63. The summed E-state index contributed by atoms with van der Waals surface area (Å²) in [4.78, 5) is 18.4. The number of aromatic nitrogens is 1. The number of carbonyl (C=O) groups excluding carboxylic acids is 1. The number of carbonyl (C=O) groups is 1. The van der Waals surface area contributed by atoms with Gasteiger partial charge in [-0.15, -0.1) is 0 Å². The largest absolute Gasteiger partial charge is 0.349 e. The highest BCUT2D eigenvalue weighted by Crippen LogP contribution is 2.03. The smallest absolute Gasteiger partial charge is 0.271 e. The summed E-state index contributed by atoms with van der Waals surface area (Å²) in [6, 6.07) is 3.53. The fourth-order valence-electron chi connectivity index (χ4n) is 1.78. The topological polar surface area (TPSA) is 71.2 Å². The maximum Gasteiger partial charge on any atom is 0.271 e. The van der Waals surface area contributed by atoms with Crippen LogP contribution in [0.15, 0.2) is 18.3 Å². The molecule has 0 aliphatic carbocycles. The average molecular weight is 274 g/mol. The number of pyridine rings is 1. The van der Waals surface area contributed by atoms with E-state index < -0.39 is 0 Å². The number of rotatable bonds is 6. The van der Waals surface area contributed by atoms with Crippen LogP contribution in [0.1, 0.15) is 29.9 Å². The summed E-state index contributed by atoms with van der Waals surface area (Å²) in [7, 11) is 0. The van der Waals surface area contributed by atoms with Crippen molar-refractivity contribution in [1.82, 2.24) is 15.2 Å². The van der Waals surface area contributed by atoms with Crippen molar-refractivity contribution in [3.8, 4) is 11.8 Å². The zero-order valence-corrected chi connectivity index (χ0v) is 12.1. The predicted octanol–water partition coefficient (Wildman–Crippen LogP) is 0.463. The molecule has 0 bridgehead atoms. The molecule has 0 fully saturated rings. The Hall–Kier alpha value is -1.90. The van der Waals surface area contributed by atoms with Crippen molar-refractivity contribution >= 4 is 5.91 Å². The van der Waals surface area contributed by atoms with E-state index in [9.17, 15) is 4.79 Å². The van der Waals surface area contributed by atoms with Crippen LogP contribution in [-0.4, -0.2) is 48.5 Å². The predicted molar refractivity (Wildman–Crippen MR) is 80.3 cm³/mol. The molecule has 20 heavy (non-hydrogen) atoms. The molecule has 1 amide bonds. The lowest BCUT2D eigenvalue weighted by Gasteiger charge is -2.17. The molecule has 0 saturated carbocycles. The number of likely N-dealkylation sites (N-methyl/N-ethyl adjacent to an activating group) is 1. The summed E-state index contributed by atoms with van der Waals surface area (Å²) in [5.41, 5.74) is 6.31. The van der Waals surface area contributed by atoms with Gasteiger partial charge in [0.05, 0.1) is 12.1 Å². The Bertz CT molecular complexity index is 486. The van der Waals surface area contributed by atoms with E-state index >= 15 is 0 Å². The second-order valence-electron chi connectivity index (χ2n) is 4.19. The minimum absolute atomic E-state index is 0.195. The quantitative estimate of drug-likeness (QED) is 0.740. The molecule has 0 atom stereocenters. The average Bonchev–Trinajstić information content (AvgIpc) is 2.49. The van der Waals surface area contributed by atoms with Crippen molar-refractivity contribution in [1.29, 1.82) is 0 Å². The third-order valence-electron chi connectivity index (χ3n) is 2.96. The molecule has 0 aromatic carbocycles. The Morgan fingerprint density at radius 3 is 2.85 bits per heavy atom. The normalized spacial score (nSPS) is 10.0. The van der Waals surface area contributed by atoms with Crippen LogP contribution in [0.4, 0.5) is 0 Å². The molecule has 1 aromatic heterocycles. The first-order valence-electron chi connectivity index (χ1n) is 6.87. The van der Waals surface area contributed by atoms with E-state index in [1.54, 1.807) is 18.3 Å². The molecule has 1 aromatic rings. The van der Waals surface area contributed by atoms with Gasteiger partial charge in [0.2, 0.25) is 0 Å². The van der Waals surface area contributed by atoms with Gasteiger partial charge >= 0.3 is 0 Å². The van der Waals surface area contributed by atoms with Gasteiger partial charge in [-0.25, -0.2) is 4.98 Å². The molecule has 1 heterocycles. The van der Waals surface area contributed by atoms with Crippen molar-refractivity contribution in [3.63, 3.8) is 0 Å². The number of nitrogens with two attached hydrogens (primary N) is 1. The minimum Gasteiger partial charge on any atom is -0.349 e. The summed E-state index contributed by atoms with van der Waals surface area (Å²) in [5, 5.41) is 2.87. The van der Waals surface area contributed by atoms with Crippen LogP contribution in [0.5, 0.6) is 0 Å². The summed E-state index contributed by atoms with van der Waals surface area (Å²) >= 11 is 0. The molecule has 1 rings (SSSR count). The van der Waals surface area contributed by atoms with Gasteiger partial charge in [0.15, 0.2) is 0 Å². The molecule has 0 saturated heterocycles. The van der Waals surface area contributed by atoms with Gasteiger partial charge < -0.3 is 16.0 Å². The number of amides is 1. The van der Waals surface area contributed by atoms with Crippen LogP contribution in [0.2, 0.25) is 0 Å². The van der Waals surface area contributed by atoms with E-state index in [1.165, 1.54) is 0 Å². The lowest BCUT2D eigenvalue weighted by atomic mass is 10.2. The second-order valence-corrected chi connectivity index (χ2v) is 4.19. The molecule has 0 aliphatic heterocycles. The number of nitrogens with one attached hydrogen (secondary N) is 1. The first-order valence-corrected chi connectivity index (χ1v) is 6.87. The summed E-state index contributed by atoms with van der Waals surface area (Å²) in [6.45, 7) is 7.84. The van der Waals surface area contributed by atoms with E-state index in [-0.39, 0.29) is 12.5 Å². The van der Waals surface area contributed by atoms with Crippen LogP contribution in [0.25, 0.3) is 0 Å². The number of hydrogen-bond donors (Lipinski definition) is 2. The molecule has 5 nitrogen and oxygen atoms in total. The molecule has 108 valence electrons. The highest BCUT2D eigenvalue weighted by molar-refractivity contribution is 5.94. The maximum atomic E-state index is 12.1. The molecule has 0 radical (unpaired) electrons. The fourth-order valence-corrected chi connectivity index (χ4v) is 1.78. The van der Waals surface area contributed by atoms with Gasteiger partial charge in [-0.3, -0.25) is 4.79 Å². The molecule has 0 aliphatic rings. The fraction of sp³-hybridized carbons (Fsp3) is 0.467. The Morgan fingerprint density at radius 1 is 1.45 bits per heavy atom. The Labute approximate surface area is 120 Å². The lowest BCUT2D eigenvalue weighted by Crippen LogP contribution is -2.35. The minimum atomic E-state index is -0.195. The van der Waals surface area contributed by atoms with E-state index in [0.29, 0.717) is 17.8 Å². The van der Waals surface area contributed by atoms with E-state index in [4.69, 9.17) is 5.73 Å². The van der Waals surface area contributed by atoms with Crippen molar-refractivity contribution in [3.05, 3.63) is 29.6 Å².